The topological polar surface area (TPSA) is 50.8 Å². The third-order valence-electron chi connectivity index (χ3n) is 6.88. The van der Waals surface area contributed by atoms with Gasteiger partial charge in [-0.3, -0.25) is 9.69 Å². The van der Waals surface area contributed by atoms with Crippen LogP contribution in [0.1, 0.15) is 52.0 Å². The van der Waals surface area contributed by atoms with E-state index in [2.05, 4.69) is 42.3 Å². The minimum Gasteiger partial charge on any atom is -0.493 e. The standard InChI is InChI=1S/C29H33FN2O3/c1-5-25(31-29(33)21-11-8-12-23(30)15-21)28-24-17-27(35-4)26(34-3)16-20(24)13-14-32(28)18-22-10-7-6-9-19(22)2/h6-12,15-17,25,28H,5,13-14,18H2,1-4H3,(H,31,33). The van der Waals surface area contributed by atoms with Crippen molar-refractivity contribution in [3.63, 3.8) is 0 Å². The predicted octanol–water partition coefficient (Wildman–Crippen LogP) is 5.46. The number of hydrogen-bond donors (Lipinski definition) is 1. The first-order valence-corrected chi connectivity index (χ1v) is 12.0. The van der Waals surface area contributed by atoms with Gasteiger partial charge in [-0.2, -0.15) is 0 Å². The highest BCUT2D eigenvalue weighted by molar-refractivity contribution is 5.94. The van der Waals surface area contributed by atoms with Crippen LogP contribution in [0, 0.1) is 12.7 Å². The maximum absolute atomic E-state index is 13.8. The molecule has 0 saturated carbocycles. The molecule has 0 aromatic heterocycles. The number of aryl methyl sites for hydroxylation is 1. The van der Waals surface area contributed by atoms with E-state index in [1.54, 1.807) is 26.4 Å². The molecule has 0 spiro atoms. The van der Waals surface area contributed by atoms with E-state index in [-0.39, 0.29) is 18.0 Å². The van der Waals surface area contributed by atoms with Crippen LogP contribution in [-0.4, -0.2) is 37.6 Å². The highest BCUT2D eigenvalue weighted by Gasteiger charge is 2.35. The second-order valence-corrected chi connectivity index (χ2v) is 9.00. The third kappa shape index (κ3) is 5.33. The van der Waals surface area contributed by atoms with Crippen molar-refractivity contribution < 1.29 is 18.7 Å². The zero-order valence-electron chi connectivity index (χ0n) is 20.8. The van der Waals surface area contributed by atoms with Gasteiger partial charge in [-0.15, -0.1) is 0 Å². The lowest BCUT2D eigenvalue weighted by Crippen LogP contribution is -2.48. The monoisotopic (exact) mass is 476 g/mol. The zero-order chi connectivity index (χ0) is 24.9. The van der Waals surface area contributed by atoms with E-state index in [0.29, 0.717) is 23.5 Å². The third-order valence-corrected chi connectivity index (χ3v) is 6.88. The molecular formula is C29H33FN2O3. The van der Waals surface area contributed by atoms with Crippen LogP contribution in [-0.2, 0) is 13.0 Å². The lowest BCUT2D eigenvalue weighted by Gasteiger charge is -2.42. The van der Waals surface area contributed by atoms with Crippen molar-refractivity contribution in [1.82, 2.24) is 10.2 Å². The Morgan fingerprint density at radius 2 is 1.83 bits per heavy atom. The lowest BCUT2D eigenvalue weighted by atomic mass is 9.86. The van der Waals surface area contributed by atoms with Gasteiger partial charge < -0.3 is 14.8 Å². The first-order valence-electron chi connectivity index (χ1n) is 12.0. The molecule has 2 atom stereocenters. The average Bonchev–Trinajstić information content (AvgIpc) is 2.87. The molecule has 0 saturated heterocycles. The number of fused-ring (bicyclic) bond motifs is 1. The number of halogens is 1. The van der Waals surface area contributed by atoms with Gasteiger partial charge in [0.2, 0.25) is 0 Å². The Morgan fingerprint density at radius 1 is 1.09 bits per heavy atom. The minimum absolute atomic E-state index is 0.0827. The SMILES string of the molecule is CCC(NC(=O)c1cccc(F)c1)C1c2cc(OC)c(OC)cc2CCN1Cc1ccccc1C. The van der Waals surface area contributed by atoms with Crippen LogP contribution in [0.3, 0.4) is 0 Å². The molecule has 6 heteroatoms. The number of rotatable bonds is 8. The minimum atomic E-state index is -0.424. The first kappa shape index (κ1) is 24.7. The van der Waals surface area contributed by atoms with Gasteiger partial charge in [0.05, 0.1) is 20.3 Å². The number of nitrogens with zero attached hydrogens (tertiary/aromatic N) is 1. The molecule has 1 heterocycles. The highest BCUT2D eigenvalue weighted by Crippen LogP contribution is 2.40. The molecule has 0 fully saturated rings. The molecule has 2 unspecified atom stereocenters. The lowest BCUT2D eigenvalue weighted by molar-refractivity contribution is 0.0858. The predicted molar refractivity (Wildman–Crippen MR) is 136 cm³/mol. The normalized spacial score (nSPS) is 16.3. The summed E-state index contributed by atoms with van der Waals surface area (Å²) in [5.41, 5.74) is 5.12. The first-order chi connectivity index (χ1) is 16.9. The quantitative estimate of drug-likeness (QED) is 0.469. The Morgan fingerprint density at radius 3 is 2.51 bits per heavy atom. The summed E-state index contributed by atoms with van der Waals surface area (Å²) >= 11 is 0. The molecule has 1 N–H and O–H groups in total. The molecular weight excluding hydrogens is 443 g/mol. The fraction of sp³-hybridized carbons (Fsp3) is 0.345. The van der Waals surface area contributed by atoms with E-state index in [1.165, 1.54) is 28.8 Å². The Labute approximate surface area is 206 Å². The van der Waals surface area contributed by atoms with Crippen molar-refractivity contribution in [2.45, 2.75) is 45.3 Å². The molecule has 0 bridgehead atoms. The zero-order valence-corrected chi connectivity index (χ0v) is 20.8. The molecule has 4 rings (SSSR count). The molecule has 1 aliphatic heterocycles. The molecule has 0 radical (unpaired) electrons. The fourth-order valence-corrected chi connectivity index (χ4v) is 4.97. The molecule has 1 amide bonds. The van der Waals surface area contributed by atoms with Gasteiger partial charge in [0.15, 0.2) is 11.5 Å². The van der Waals surface area contributed by atoms with Gasteiger partial charge >= 0.3 is 0 Å². The molecule has 3 aromatic carbocycles. The van der Waals surface area contributed by atoms with Crippen LogP contribution in [0.15, 0.2) is 60.7 Å². The van der Waals surface area contributed by atoms with Gasteiger partial charge in [-0.1, -0.05) is 37.3 Å². The fourth-order valence-electron chi connectivity index (χ4n) is 4.97. The van der Waals surface area contributed by atoms with Crippen molar-refractivity contribution >= 4 is 5.91 Å². The van der Waals surface area contributed by atoms with Gasteiger partial charge in [0.1, 0.15) is 5.82 Å². The largest absolute Gasteiger partial charge is 0.493 e. The Bertz CT molecular complexity index is 1200. The Balaban J connectivity index is 1.74. The van der Waals surface area contributed by atoms with Gasteiger partial charge in [0.25, 0.3) is 5.91 Å². The van der Waals surface area contributed by atoms with Crippen LogP contribution < -0.4 is 14.8 Å². The van der Waals surface area contributed by atoms with E-state index in [1.807, 2.05) is 18.2 Å². The summed E-state index contributed by atoms with van der Waals surface area (Å²) in [6.07, 6.45) is 1.58. The Hall–Kier alpha value is -3.38. The summed E-state index contributed by atoms with van der Waals surface area (Å²) in [6.45, 7) is 5.79. The molecule has 5 nitrogen and oxygen atoms in total. The van der Waals surface area contributed by atoms with E-state index in [4.69, 9.17) is 9.47 Å². The summed E-state index contributed by atoms with van der Waals surface area (Å²) in [7, 11) is 3.28. The summed E-state index contributed by atoms with van der Waals surface area (Å²) in [5, 5.41) is 3.20. The van der Waals surface area contributed by atoms with Gasteiger partial charge in [-0.25, -0.2) is 4.39 Å². The summed E-state index contributed by atoms with van der Waals surface area (Å²) < 4.78 is 25.0. The van der Waals surface area contributed by atoms with E-state index < -0.39 is 5.82 Å². The molecule has 1 aliphatic rings. The van der Waals surface area contributed by atoms with Crippen LogP contribution >= 0.6 is 0 Å². The van der Waals surface area contributed by atoms with Crippen LogP contribution in [0.5, 0.6) is 11.5 Å². The van der Waals surface area contributed by atoms with Crippen molar-refractivity contribution in [3.8, 4) is 11.5 Å². The average molecular weight is 477 g/mol. The van der Waals surface area contributed by atoms with Gasteiger partial charge in [-0.05, 0) is 72.4 Å². The molecule has 0 aliphatic carbocycles. The number of carbonyl (C=O) groups excluding carboxylic acids is 1. The van der Waals surface area contributed by atoms with Crippen molar-refractivity contribution in [3.05, 3.63) is 94.3 Å². The van der Waals surface area contributed by atoms with Crippen molar-refractivity contribution in [2.24, 2.45) is 0 Å². The Kier molecular flexibility index (Phi) is 7.71. The van der Waals surface area contributed by atoms with E-state index in [0.717, 1.165) is 25.1 Å². The second kappa shape index (κ2) is 10.9. The maximum atomic E-state index is 13.8. The van der Waals surface area contributed by atoms with Crippen molar-refractivity contribution in [1.29, 1.82) is 0 Å². The van der Waals surface area contributed by atoms with E-state index in [9.17, 15) is 9.18 Å². The summed E-state index contributed by atoms with van der Waals surface area (Å²) in [4.78, 5) is 15.5. The number of ether oxygens (including phenoxy) is 2. The summed E-state index contributed by atoms with van der Waals surface area (Å²) in [6, 6.07) is 18.0. The highest BCUT2D eigenvalue weighted by atomic mass is 19.1. The van der Waals surface area contributed by atoms with Crippen LogP contribution in [0.4, 0.5) is 4.39 Å². The molecule has 35 heavy (non-hydrogen) atoms. The number of carbonyl (C=O) groups is 1. The number of amides is 1. The molecule has 184 valence electrons. The smallest absolute Gasteiger partial charge is 0.251 e. The number of methoxy groups -OCH3 is 2. The van der Waals surface area contributed by atoms with Crippen molar-refractivity contribution in [2.75, 3.05) is 20.8 Å². The number of nitrogens with one attached hydrogen (secondary N) is 1. The maximum Gasteiger partial charge on any atom is 0.251 e. The van der Waals surface area contributed by atoms with Crippen LogP contribution in [0.25, 0.3) is 0 Å². The number of hydrogen-bond acceptors (Lipinski definition) is 4. The number of benzene rings is 3. The van der Waals surface area contributed by atoms with E-state index >= 15 is 0 Å². The summed E-state index contributed by atoms with van der Waals surface area (Å²) in [5.74, 6) is 0.668. The van der Waals surface area contributed by atoms with Crippen LogP contribution in [0.2, 0.25) is 0 Å². The van der Waals surface area contributed by atoms with Gasteiger partial charge in [0, 0.05) is 24.7 Å². The molecule has 3 aromatic rings. The second-order valence-electron chi connectivity index (χ2n) is 9.00.